The van der Waals surface area contributed by atoms with Gasteiger partial charge >= 0.3 is 0 Å². The van der Waals surface area contributed by atoms with Gasteiger partial charge in [-0.2, -0.15) is 0 Å². The van der Waals surface area contributed by atoms with Crippen LogP contribution in [0.1, 0.15) is 12.5 Å². The molecule has 1 aromatic carbocycles. The number of nitrogens with two attached hydrogens (primary N) is 1. The molecule has 0 saturated heterocycles. The number of carbonyl (C=O) groups is 1. The number of hydrogen-bond donors (Lipinski definition) is 2. The van der Waals surface area contributed by atoms with Crippen LogP contribution in [-0.2, 0) is 11.3 Å². The van der Waals surface area contributed by atoms with Crippen molar-refractivity contribution in [2.75, 3.05) is 13.2 Å². The Hall–Kier alpha value is -1.26. The molecular formula is C11H15ClN2O2. The van der Waals surface area contributed by atoms with E-state index in [2.05, 4.69) is 5.32 Å². The lowest BCUT2D eigenvalue weighted by Gasteiger charge is -2.11. The summed E-state index contributed by atoms with van der Waals surface area (Å²) < 4.78 is 5.28. The van der Waals surface area contributed by atoms with Gasteiger partial charge in [0, 0.05) is 17.1 Å². The molecular weight excluding hydrogens is 228 g/mol. The summed E-state index contributed by atoms with van der Waals surface area (Å²) in [6, 6.07) is 5.26. The molecule has 88 valence electrons. The third kappa shape index (κ3) is 4.08. The van der Waals surface area contributed by atoms with Crippen LogP contribution in [-0.4, -0.2) is 19.1 Å². The Bertz CT molecular complexity index is 369. The summed E-state index contributed by atoms with van der Waals surface area (Å²) in [5.74, 6) is 0.133. The molecule has 1 aromatic rings. The molecule has 0 saturated carbocycles. The van der Waals surface area contributed by atoms with Gasteiger partial charge in [0.2, 0.25) is 0 Å². The fourth-order valence-electron chi connectivity index (χ4n) is 1.24. The molecule has 0 unspecified atom stereocenters. The highest BCUT2D eigenvalue weighted by atomic mass is 35.5. The highest BCUT2D eigenvalue weighted by Gasteiger charge is 2.05. The standard InChI is InChI=1S/C11H15ClN2O2/c1-2-14-6-8-5-9(12)3-4-10(8)16-7-11(13)15/h3-5,14H,2,6-7H2,1H3,(H2,13,15). The summed E-state index contributed by atoms with van der Waals surface area (Å²) in [5, 5.41) is 3.80. The van der Waals surface area contributed by atoms with Crippen molar-refractivity contribution in [3.05, 3.63) is 28.8 Å². The molecule has 0 aliphatic carbocycles. The molecule has 4 nitrogen and oxygen atoms in total. The summed E-state index contributed by atoms with van der Waals surface area (Å²) in [4.78, 5) is 10.6. The van der Waals surface area contributed by atoms with E-state index in [1.807, 2.05) is 6.92 Å². The first-order valence-electron chi connectivity index (χ1n) is 5.03. The lowest BCUT2D eigenvalue weighted by Crippen LogP contribution is -2.21. The second-order valence-electron chi connectivity index (χ2n) is 3.29. The Morgan fingerprint density at radius 3 is 2.94 bits per heavy atom. The van der Waals surface area contributed by atoms with Crippen molar-refractivity contribution in [3.63, 3.8) is 0 Å². The van der Waals surface area contributed by atoms with Gasteiger partial charge in [0.25, 0.3) is 5.91 Å². The number of carbonyl (C=O) groups excluding carboxylic acids is 1. The van der Waals surface area contributed by atoms with E-state index in [4.69, 9.17) is 22.1 Å². The maximum atomic E-state index is 10.6. The average Bonchev–Trinajstić information content (AvgIpc) is 2.24. The van der Waals surface area contributed by atoms with Crippen LogP contribution in [0, 0.1) is 0 Å². The fourth-order valence-corrected chi connectivity index (χ4v) is 1.43. The molecule has 0 radical (unpaired) electrons. The average molecular weight is 243 g/mol. The Kier molecular flexibility index (Phi) is 5.08. The van der Waals surface area contributed by atoms with Crippen LogP contribution in [0.4, 0.5) is 0 Å². The Morgan fingerprint density at radius 2 is 2.31 bits per heavy atom. The first kappa shape index (κ1) is 12.8. The number of halogens is 1. The van der Waals surface area contributed by atoms with Gasteiger partial charge in [-0.3, -0.25) is 4.79 Å². The minimum Gasteiger partial charge on any atom is -0.483 e. The topological polar surface area (TPSA) is 64.3 Å². The molecule has 5 heteroatoms. The molecule has 3 N–H and O–H groups in total. The van der Waals surface area contributed by atoms with E-state index in [9.17, 15) is 4.79 Å². The largest absolute Gasteiger partial charge is 0.483 e. The Labute approximate surface area is 99.7 Å². The maximum Gasteiger partial charge on any atom is 0.255 e. The van der Waals surface area contributed by atoms with Crippen LogP contribution in [0.2, 0.25) is 5.02 Å². The molecule has 1 rings (SSSR count). The van der Waals surface area contributed by atoms with Gasteiger partial charge in [-0.05, 0) is 24.7 Å². The summed E-state index contributed by atoms with van der Waals surface area (Å²) >= 11 is 5.88. The van der Waals surface area contributed by atoms with Crippen molar-refractivity contribution >= 4 is 17.5 Å². The molecule has 1 amide bonds. The number of benzene rings is 1. The normalized spacial score (nSPS) is 10.1. The number of primary amides is 1. The summed E-state index contributed by atoms with van der Waals surface area (Å²) in [6.45, 7) is 3.38. The van der Waals surface area contributed by atoms with Gasteiger partial charge in [0.1, 0.15) is 5.75 Å². The van der Waals surface area contributed by atoms with E-state index < -0.39 is 5.91 Å². The zero-order valence-electron chi connectivity index (χ0n) is 9.13. The minimum absolute atomic E-state index is 0.124. The van der Waals surface area contributed by atoms with Crippen molar-refractivity contribution in [2.24, 2.45) is 5.73 Å². The highest BCUT2D eigenvalue weighted by Crippen LogP contribution is 2.22. The van der Waals surface area contributed by atoms with Crippen LogP contribution < -0.4 is 15.8 Å². The van der Waals surface area contributed by atoms with Gasteiger partial charge in [-0.1, -0.05) is 18.5 Å². The summed E-state index contributed by atoms with van der Waals surface area (Å²) in [5.41, 5.74) is 5.93. The van der Waals surface area contributed by atoms with Crippen LogP contribution in [0.5, 0.6) is 5.75 Å². The highest BCUT2D eigenvalue weighted by molar-refractivity contribution is 6.30. The zero-order valence-corrected chi connectivity index (χ0v) is 9.88. The first-order chi connectivity index (χ1) is 7.63. The summed E-state index contributed by atoms with van der Waals surface area (Å²) in [7, 11) is 0. The molecule has 0 fully saturated rings. The third-order valence-corrected chi connectivity index (χ3v) is 2.19. The molecule has 0 aliphatic rings. The second-order valence-corrected chi connectivity index (χ2v) is 3.72. The maximum absolute atomic E-state index is 10.6. The molecule has 16 heavy (non-hydrogen) atoms. The van der Waals surface area contributed by atoms with E-state index in [1.165, 1.54) is 0 Å². The van der Waals surface area contributed by atoms with Crippen molar-refractivity contribution in [1.29, 1.82) is 0 Å². The summed E-state index contributed by atoms with van der Waals surface area (Å²) in [6.07, 6.45) is 0. The van der Waals surface area contributed by atoms with Crippen molar-refractivity contribution in [1.82, 2.24) is 5.32 Å². The zero-order chi connectivity index (χ0) is 12.0. The molecule has 0 atom stereocenters. The van der Waals surface area contributed by atoms with Crippen LogP contribution in [0.15, 0.2) is 18.2 Å². The number of hydrogen-bond acceptors (Lipinski definition) is 3. The van der Waals surface area contributed by atoms with Crippen LogP contribution >= 0.6 is 11.6 Å². The van der Waals surface area contributed by atoms with E-state index in [1.54, 1.807) is 18.2 Å². The Balaban J connectivity index is 2.76. The fraction of sp³-hybridized carbons (Fsp3) is 0.364. The van der Waals surface area contributed by atoms with E-state index in [0.29, 0.717) is 17.3 Å². The lowest BCUT2D eigenvalue weighted by molar-refractivity contribution is -0.119. The Morgan fingerprint density at radius 1 is 1.56 bits per heavy atom. The molecule has 0 aromatic heterocycles. The molecule has 0 spiro atoms. The molecule has 0 heterocycles. The van der Waals surface area contributed by atoms with Crippen molar-refractivity contribution in [3.8, 4) is 5.75 Å². The minimum atomic E-state index is -0.496. The van der Waals surface area contributed by atoms with Gasteiger partial charge in [-0.15, -0.1) is 0 Å². The van der Waals surface area contributed by atoms with Gasteiger partial charge in [0.05, 0.1) is 0 Å². The predicted octanol–water partition coefficient (Wildman–Crippen LogP) is 1.31. The number of ether oxygens (including phenoxy) is 1. The van der Waals surface area contributed by atoms with E-state index >= 15 is 0 Å². The van der Waals surface area contributed by atoms with E-state index in [-0.39, 0.29) is 6.61 Å². The number of rotatable bonds is 6. The van der Waals surface area contributed by atoms with Gasteiger partial charge in [0.15, 0.2) is 6.61 Å². The van der Waals surface area contributed by atoms with Gasteiger partial charge in [-0.25, -0.2) is 0 Å². The van der Waals surface area contributed by atoms with Crippen LogP contribution in [0.25, 0.3) is 0 Å². The quantitative estimate of drug-likeness (QED) is 0.791. The predicted molar refractivity (Wildman–Crippen MR) is 63.5 cm³/mol. The lowest BCUT2D eigenvalue weighted by atomic mass is 10.2. The molecule has 0 aliphatic heterocycles. The van der Waals surface area contributed by atoms with Crippen LogP contribution in [0.3, 0.4) is 0 Å². The van der Waals surface area contributed by atoms with Crippen molar-refractivity contribution < 1.29 is 9.53 Å². The molecule has 0 bridgehead atoms. The van der Waals surface area contributed by atoms with Gasteiger partial charge < -0.3 is 15.8 Å². The SMILES string of the molecule is CCNCc1cc(Cl)ccc1OCC(N)=O. The van der Waals surface area contributed by atoms with E-state index in [0.717, 1.165) is 12.1 Å². The second kappa shape index (κ2) is 6.35. The smallest absolute Gasteiger partial charge is 0.255 e. The monoisotopic (exact) mass is 242 g/mol. The number of amides is 1. The van der Waals surface area contributed by atoms with Crippen molar-refractivity contribution in [2.45, 2.75) is 13.5 Å². The number of nitrogens with one attached hydrogen (secondary N) is 1. The third-order valence-electron chi connectivity index (χ3n) is 1.96. The first-order valence-corrected chi connectivity index (χ1v) is 5.41.